The van der Waals surface area contributed by atoms with Crippen LogP contribution in [0.5, 0.6) is 0 Å². The molecule has 0 radical (unpaired) electrons. The lowest BCUT2D eigenvalue weighted by Crippen LogP contribution is -2.51. The van der Waals surface area contributed by atoms with Crippen molar-refractivity contribution in [2.45, 2.75) is 58.5 Å². The summed E-state index contributed by atoms with van der Waals surface area (Å²) < 4.78 is 2.10. The molecule has 0 fully saturated rings. The van der Waals surface area contributed by atoms with Crippen molar-refractivity contribution in [1.29, 1.82) is 0 Å². The number of azo groups is 1. The summed E-state index contributed by atoms with van der Waals surface area (Å²) in [5, 5.41) is 12.2. The molecule has 1 aliphatic carbocycles. The molecule has 1 N–H and O–H groups in total. The van der Waals surface area contributed by atoms with Crippen LogP contribution >= 0.6 is 0 Å². The first-order valence-electron chi connectivity index (χ1n) is 11.0. The summed E-state index contributed by atoms with van der Waals surface area (Å²) in [6, 6.07) is 8.57. The van der Waals surface area contributed by atoms with Gasteiger partial charge in [0.05, 0.1) is 23.5 Å². The van der Waals surface area contributed by atoms with E-state index in [-0.39, 0.29) is 17.4 Å². The average Bonchev–Trinajstić information content (AvgIpc) is 3.32. The number of imidazole rings is 1. The van der Waals surface area contributed by atoms with Crippen LogP contribution in [0, 0.1) is 12.3 Å². The summed E-state index contributed by atoms with van der Waals surface area (Å²) in [5.74, 6) is 1.20. The molecule has 6 heteroatoms. The first-order chi connectivity index (χ1) is 14.8. The molecule has 0 spiro atoms. The zero-order valence-corrected chi connectivity index (χ0v) is 18.9. The number of benzene rings is 1. The monoisotopic (exact) mass is 415 g/mol. The zero-order chi connectivity index (χ0) is 22.0. The second-order valence-electron chi connectivity index (χ2n) is 9.75. The molecule has 1 aromatic heterocycles. The molecule has 0 saturated heterocycles. The SMILES string of the molecule is CC[C@]1(c2cccc(-c3cnc(C)n3C)c2)C2=CN=NC2NC2=C1C(=O)CC(C)(C)C2. The van der Waals surface area contributed by atoms with Gasteiger partial charge < -0.3 is 9.88 Å². The third kappa shape index (κ3) is 2.84. The topological polar surface area (TPSA) is 71.6 Å². The zero-order valence-electron chi connectivity index (χ0n) is 18.9. The Balaban J connectivity index is 1.74. The molecule has 2 atom stereocenters. The van der Waals surface area contributed by atoms with Crippen molar-refractivity contribution in [3.8, 4) is 11.3 Å². The Bertz CT molecular complexity index is 1180. The first kappa shape index (κ1) is 19.9. The van der Waals surface area contributed by atoms with Crippen molar-refractivity contribution in [2.75, 3.05) is 0 Å². The number of allylic oxidation sites excluding steroid dienone is 2. The van der Waals surface area contributed by atoms with E-state index in [9.17, 15) is 4.79 Å². The molecular formula is C25H29N5O. The number of ketones is 1. The highest BCUT2D eigenvalue weighted by Gasteiger charge is 2.52. The maximum Gasteiger partial charge on any atom is 0.164 e. The molecule has 1 unspecified atom stereocenters. The largest absolute Gasteiger partial charge is 0.362 e. The highest BCUT2D eigenvalue weighted by Crippen LogP contribution is 2.53. The quantitative estimate of drug-likeness (QED) is 0.770. The highest BCUT2D eigenvalue weighted by atomic mass is 16.1. The third-order valence-electron chi connectivity index (χ3n) is 7.18. The molecule has 0 saturated carbocycles. The van der Waals surface area contributed by atoms with Crippen molar-refractivity contribution in [3.05, 3.63) is 64.9 Å². The fourth-order valence-electron chi connectivity index (χ4n) is 5.60. The number of fused-ring (bicyclic) bond motifs is 1. The minimum Gasteiger partial charge on any atom is -0.362 e. The fourth-order valence-corrected chi connectivity index (χ4v) is 5.60. The lowest BCUT2D eigenvalue weighted by atomic mass is 9.58. The van der Waals surface area contributed by atoms with Crippen molar-refractivity contribution in [1.82, 2.24) is 14.9 Å². The van der Waals surface area contributed by atoms with E-state index in [0.29, 0.717) is 6.42 Å². The van der Waals surface area contributed by atoms with Gasteiger partial charge in [0.2, 0.25) is 0 Å². The van der Waals surface area contributed by atoms with Crippen molar-refractivity contribution >= 4 is 5.78 Å². The third-order valence-corrected chi connectivity index (χ3v) is 7.18. The normalized spacial score (nSPS) is 26.4. The lowest BCUT2D eigenvalue weighted by molar-refractivity contribution is -0.119. The molecule has 3 aliphatic rings. The van der Waals surface area contributed by atoms with Gasteiger partial charge in [0.15, 0.2) is 11.9 Å². The minimum absolute atomic E-state index is 0.0621. The van der Waals surface area contributed by atoms with Gasteiger partial charge in [0, 0.05) is 35.9 Å². The summed E-state index contributed by atoms with van der Waals surface area (Å²) in [7, 11) is 2.03. The predicted molar refractivity (Wildman–Crippen MR) is 120 cm³/mol. The van der Waals surface area contributed by atoms with E-state index in [1.54, 1.807) is 0 Å². The molecular weight excluding hydrogens is 386 g/mol. The first-order valence-corrected chi connectivity index (χ1v) is 11.0. The van der Waals surface area contributed by atoms with Gasteiger partial charge in [-0.25, -0.2) is 4.98 Å². The van der Waals surface area contributed by atoms with Gasteiger partial charge in [-0.15, -0.1) is 0 Å². The van der Waals surface area contributed by atoms with E-state index in [1.165, 1.54) is 0 Å². The summed E-state index contributed by atoms with van der Waals surface area (Å²) in [4.78, 5) is 18.1. The van der Waals surface area contributed by atoms with Crippen LogP contribution in [0.25, 0.3) is 11.3 Å². The van der Waals surface area contributed by atoms with Crippen LogP contribution in [0.15, 0.2) is 63.7 Å². The Kier molecular flexibility index (Phi) is 4.33. The van der Waals surface area contributed by atoms with Gasteiger partial charge in [-0.3, -0.25) is 4.79 Å². The molecule has 3 heterocycles. The number of Topliss-reactive ketones (excluding diaryl/α,β-unsaturated/α-hetero) is 1. The standard InChI is InChI=1S/C25H29N5O/c1-6-25(17-9-7-8-16(10-17)20-14-26-15(2)30(20)5)18-13-27-29-23(18)28-19-11-24(3,4)12-21(31)22(19)25/h7-10,13-14,23,28H,6,11-12H2,1-5H3/t23?,25-/m0/s1. The second-order valence-corrected chi connectivity index (χ2v) is 9.75. The van der Waals surface area contributed by atoms with Crippen LogP contribution in [-0.4, -0.2) is 21.5 Å². The summed E-state index contributed by atoms with van der Waals surface area (Å²) in [6.45, 7) is 8.50. The summed E-state index contributed by atoms with van der Waals surface area (Å²) in [5.41, 5.74) is 5.71. The summed E-state index contributed by atoms with van der Waals surface area (Å²) >= 11 is 0. The molecule has 5 rings (SSSR count). The highest BCUT2D eigenvalue weighted by molar-refractivity contribution is 6.01. The number of aryl methyl sites for hydroxylation is 1. The number of rotatable bonds is 3. The molecule has 2 aliphatic heterocycles. The van der Waals surface area contributed by atoms with Gasteiger partial charge in [0.1, 0.15) is 5.82 Å². The Labute approximate surface area is 183 Å². The molecule has 1 aromatic carbocycles. The minimum atomic E-state index is -0.522. The van der Waals surface area contributed by atoms with Gasteiger partial charge in [0.25, 0.3) is 0 Å². The summed E-state index contributed by atoms with van der Waals surface area (Å²) in [6.07, 6.45) is 5.75. The number of carbonyl (C=O) groups is 1. The van der Waals surface area contributed by atoms with Crippen molar-refractivity contribution in [2.24, 2.45) is 22.7 Å². The molecule has 0 amide bonds. The van der Waals surface area contributed by atoms with Crippen molar-refractivity contribution in [3.63, 3.8) is 0 Å². The van der Waals surface area contributed by atoms with Gasteiger partial charge in [-0.1, -0.05) is 39.0 Å². The van der Waals surface area contributed by atoms with Crippen LogP contribution in [0.4, 0.5) is 0 Å². The Morgan fingerprint density at radius 3 is 2.77 bits per heavy atom. The van der Waals surface area contributed by atoms with Crippen LogP contribution in [0.2, 0.25) is 0 Å². The number of carbonyl (C=O) groups excluding carboxylic acids is 1. The van der Waals surface area contributed by atoms with E-state index in [2.05, 4.69) is 70.1 Å². The van der Waals surface area contributed by atoms with E-state index >= 15 is 0 Å². The molecule has 31 heavy (non-hydrogen) atoms. The molecule has 2 aromatic rings. The molecule has 160 valence electrons. The average molecular weight is 416 g/mol. The van der Waals surface area contributed by atoms with E-state index in [0.717, 1.165) is 52.3 Å². The number of nitrogens with one attached hydrogen (secondary N) is 1. The molecule has 6 nitrogen and oxygen atoms in total. The van der Waals surface area contributed by atoms with Crippen molar-refractivity contribution < 1.29 is 4.79 Å². The van der Waals surface area contributed by atoms with E-state index in [1.807, 2.05) is 26.4 Å². The Hall–Kier alpha value is -3.02. The van der Waals surface area contributed by atoms with Crippen LogP contribution in [0.3, 0.4) is 0 Å². The number of hydrogen-bond acceptors (Lipinski definition) is 5. The molecule has 0 bridgehead atoms. The van der Waals surface area contributed by atoms with Gasteiger partial charge in [-0.05, 0) is 36.8 Å². The van der Waals surface area contributed by atoms with Gasteiger partial charge >= 0.3 is 0 Å². The fraction of sp³-hybridized carbons (Fsp3) is 0.440. The maximum atomic E-state index is 13.6. The van der Waals surface area contributed by atoms with Crippen LogP contribution in [0.1, 0.15) is 51.4 Å². The Morgan fingerprint density at radius 2 is 2.06 bits per heavy atom. The lowest BCUT2D eigenvalue weighted by Gasteiger charge is -2.47. The number of aromatic nitrogens is 2. The second kappa shape index (κ2) is 6.74. The van der Waals surface area contributed by atoms with Crippen LogP contribution < -0.4 is 5.32 Å². The number of nitrogens with zero attached hydrogens (tertiary/aromatic N) is 4. The smallest absolute Gasteiger partial charge is 0.164 e. The van der Waals surface area contributed by atoms with E-state index in [4.69, 9.17) is 0 Å². The van der Waals surface area contributed by atoms with Gasteiger partial charge in [-0.2, -0.15) is 10.2 Å². The van der Waals surface area contributed by atoms with Crippen LogP contribution in [-0.2, 0) is 17.3 Å². The predicted octanol–water partition coefficient (Wildman–Crippen LogP) is 4.97. The van der Waals surface area contributed by atoms with E-state index < -0.39 is 5.41 Å². The Morgan fingerprint density at radius 1 is 1.26 bits per heavy atom. The number of hydrogen-bond donors (Lipinski definition) is 1. The maximum absolute atomic E-state index is 13.6.